The number of aromatic nitrogens is 2. The minimum absolute atomic E-state index is 0.177. The Labute approximate surface area is 127 Å². The van der Waals surface area contributed by atoms with Crippen LogP contribution < -0.4 is 20.9 Å². The Morgan fingerprint density at radius 2 is 2.14 bits per heavy atom. The van der Waals surface area contributed by atoms with Gasteiger partial charge in [0.1, 0.15) is 17.4 Å². The van der Waals surface area contributed by atoms with Crippen LogP contribution in [-0.4, -0.2) is 29.7 Å². The fourth-order valence-corrected chi connectivity index (χ4v) is 1.86. The van der Waals surface area contributed by atoms with Crippen LogP contribution in [0.3, 0.4) is 0 Å². The molecule has 0 fully saturated rings. The summed E-state index contributed by atoms with van der Waals surface area (Å²) in [5.74, 6) is 1.12. The molecule has 7 heteroatoms. The number of aromatic amines is 1. The van der Waals surface area contributed by atoms with Crippen molar-refractivity contribution in [1.29, 1.82) is 0 Å². The Kier molecular flexibility index (Phi) is 4.77. The number of nitrogens with two attached hydrogens (primary N) is 1. The molecule has 0 aliphatic carbocycles. The molecule has 116 valence electrons. The molecule has 0 bridgehead atoms. The van der Waals surface area contributed by atoms with Crippen LogP contribution in [0.15, 0.2) is 35.1 Å². The summed E-state index contributed by atoms with van der Waals surface area (Å²) in [6, 6.07) is 7.76. The maximum absolute atomic E-state index is 11.8. The topological polar surface area (TPSA) is 101 Å². The second kappa shape index (κ2) is 6.75. The lowest BCUT2D eigenvalue weighted by molar-refractivity contribution is 0.255. The number of carbonyl (C=O) groups is 1. The molecular formula is C15H18N4O3. The first kappa shape index (κ1) is 15.6. The Morgan fingerprint density at radius 1 is 1.41 bits per heavy atom. The van der Waals surface area contributed by atoms with Crippen LogP contribution in [0.2, 0.25) is 0 Å². The van der Waals surface area contributed by atoms with Gasteiger partial charge in [0.05, 0.1) is 12.2 Å². The van der Waals surface area contributed by atoms with Crippen molar-refractivity contribution in [2.75, 3.05) is 18.6 Å². The maximum Gasteiger partial charge on any atom is 0.320 e. The average Bonchev–Trinajstić information content (AvgIpc) is 2.51. The number of carbonyl (C=O) groups excluding carboxylic acids is 1. The number of hydrogen-bond donors (Lipinski definition) is 2. The molecule has 1 heterocycles. The summed E-state index contributed by atoms with van der Waals surface area (Å²) in [4.78, 5) is 31.1. The molecular weight excluding hydrogens is 284 g/mol. The number of ether oxygens (including phenoxy) is 1. The molecule has 0 saturated heterocycles. The van der Waals surface area contributed by atoms with Crippen molar-refractivity contribution in [3.05, 3.63) is 40.7 Å². The highest BCUT2D eigenvalue weighted by Crippen LogP contribution is 2.27. The molecule has 0 aliphatic rings. The molecule has 0 spiro atoms. The monoisotopic (exact) mass is 302 g/mol. The zero-order valence-electron chi connectivity index (χ0n) is 12.5. The van der Waals surface area contributed by atoms with Gasteiger partial charge in [-0.2, -0.15) is 0 Å². The molecule has 2 aromatic rings. The van der Waals surface area contributed by atoms with Crippen molar-refractivity contribution in [2.24, 2.45) is 5.73 Å². The normalized spacial score (nSPS) is 10.3. The first-order valence-corrected chi connectivity index (χ1v) is 6.89. The van der Waals surface area contributed by atoms with Gasteiger partial charge in [0, 0.05) is 13.1 Å². The summed E-state index contributed by atoms with van der Waals surface area (Å²) in [5, 5.41) is 0. The number of nitrogens with one attached hydrogen (secondary N) is 1. The summed E-state index contributed by atoms with van der Waals surface area (Å²) in [6.45, 7) is 2.56. The van der Waals surface area contributed by atoms with E-state index in [0.29, 0.717) is 23.7 Å². The number of urea groups is 1. The number of para-hydroxylation sites is 1. The first-order chi connectivity index (χ1) is 10.5. The van der Waals surface area contributed by atoms with Gasteiger partial charge in [-0.05, 0) is 18.6 Å². The van der Waals surface area contributed by atoms with Crippen molar-refractivity contribution in [3.8, 4) is 17.1 Å². The Bertz CT molecular complexity index is 727. The van der Waals surface area contributed by atoms with Gasteiger partial charge in [-0.3, -0.25) is 9.69 Å². The lowest BCUT2D eigenvalue weighted by Gasteiger charge is -2.15. The molecule has 0 unspecified atom stereocenters. The molecule has 1 aromatic carbocycles. The fourth-order valence-electron chi connectivity index (χ4n) is 1.86. The maximum atomic E-state index is 11.8. The Hall–Kier alpha value is -2.83. The van der Waals surface area contributed by atoms with Gasteiger partial charge in [0.25, 0.3) is 5.56 Å². The number of rotatable bonds is 5. The van der Waals surface area contributed by atoms with Gasteiger partial charge in [0.15, 0.2) is 0 Å². The van der Waals surface area contributed by atoms with E-state index >= 15 is 0 Å². The van der Waals surface area contributed by atoms with Crippen LogP contribution in [0.5, 0.6) is 5.75 Å². The van der Waals surface area contributed by atoms with E-state index in [4.69, 9.17) is 10.5 Å². The summed E-state index contributed by atoms with van der Waals surface area (Å²) in [7, 11) is 1.45. The van der Waals surface area contributed by atoms with Crippen LogP contribution in [0.1, 0.15) is 13.3 Å². The molecule has 0 radical (unpaired) electrons. The smallest absolute Gasteiger partial charge is 0.320 e. The highest BCUT2D eigenvalue weighted by molar-refractivity contribution is 5.89. The summed E-state index contributed by atoms with van der Waals surface area (Å²) in [5.41, 5.74) is 5.48. The number of benzene rings is 1. The van der Waals surface area contributed by atoms with Crippen molar-refractivity contribution in [2.45, 2.75) is 13.3 Å². The van der Waals surface area contributed by atoms with Gasteiger partial charge in [-0.15, -0.1) is 0 Å². The third kappa shape index (κ3) is 3.43. The molecule has 7 nitrogen and oxygen atoms in total. The van der Waals surface area contributed by atoms with E-state index in [1.807, 2.05) is 19.1 Å². The van der Waals surface area contributed by atoms with E-state index in [-0.39, 0.29) is 11.4 Å². The second-order valence-electron chi connectivity index (χ2n) is 4.69. The molecule has 22 heavy (non-hydrogen) atoms. The average molecular weight is 302 g/mol. The predicted octanol–water partition coefficient (Wildman–Crippen LogP) is 1.74. The van der Waals surface area contributed by atoms with Gasteiger partial charge in [0.2, 0.25) is 0 Å². The number of hydrogen-bond acceptors (Lipinski definition) is 4. The molecule has 0 aliphatic heterocycles. The van der Waals surface area contributed by atoms with Crippen molar-refractivity contribution in [1.82, 2.24) is 9.97 Å². The quantitative estimate of drug-likeness (QED) is 0.878. The zero-order chi connectivity index (χ0) is 16.1. The fraction of sp³-hybridized carbons (Fsp3) is 0.267. The van der Waals surface area contributed by atoms with E-state index in [0.717, 1.165) is 11.3 Å². The number of H-pyrrole nitrogens is 1. The van der Waals surface area contributed by atoms with E-state index < -0.39 is 6.03 Å². The third-order valence-corrected chi connectivity index (χ3v) is 3.01. The molecule has 0 atom stereocenters. The SMILES string of the molecule is CCCOc1ccccc1-c1nc(N(C)C(N)=O)cc(=O)[nH]1. The van der Waals surface area contributed by atoms with Crippen LogP contribution >= 0.6 is 0 Å². The van der Waals surface area contributed by atoms with Crippen LogP contribution in [0, 0.1) is 0 Å². The van der Waals surface area contributed by atoms with E-state index in [2.05, 4.69) is 9.97 Å². The van der Waals surface area contributed by atoms with Crippen LogP contribution in [0.25, 0.3) is 11.4 Å². The Balaban J connectivity index is 2.49. The molecule has 1 aromatic heterocycles. The minimum Gasteiger partial charge on any atom is -0.493 e. The second-order valence-corrected chi connectivity index (χ2v) is 4.69. The third-order valence-electron chi connectivity index (χ3n) is 3.01. The number of amides is 2. The summed E-state index contributed by atoms with van der Waals surface area (Å²) >= 11 is 0. The lowest BCUT2D eigenvalue weighted by Crippen LogP contribution is -2.33. The number of nitrogens with zero attached hydrogens (tertiary/aromatic N) is 2. The molecule has 2 amide bonds. The van der Waals surface area contributed by atoms with Gasteiger partial charge >= 0.3 is 6.03 Å². The standard InChI is InChI=1S/C15H18N4O3/c1-3-8-22-11-7-5-4-6-10(11)14-17-12(9-13(20)18-14)19(2)15(16)21/h4-7,9H,3,8H2,1-2H3,(H2,16,21)(H,17,18,20). The van der Waals surface area contributed by atoms with Gasteiger partial charge < -0.3 is 15.5 Å². The van der Waals surface area contributed by atoms with E-state index in [1.54, 1.807) is 12.1 Å². The molecule has 3 N–H and O–H groups in total. The molecule has 2 rings (SSSR count). The molecule has 0 saturated carbocycles. The van der Waals surface area contributed by atoms with Crippen molar-refractivity contribution >= 4 is 11.8 Å². The number of anilines is 1. The zero-order valence-corrected chi connectivity index (χ0v) is 12.5. The van der Waals surface area contributed by atoms with E-state index in [9.17, 15) is 9.59 Å². The highest BCUT2D eigenvalue weighted by Gasteiger charge is 2.14. The van der Waals surface area contributed by atoms with Crippen LogP contribution in [-0.2, 0) is 0 Å². The Morgan fingerprint density at radius 3 is 2.82 bits per heavy atom. The van der Waals surface area contributed by atoms with E-state index in [1.165, 1.54) is 13.1 Å². The lowest BCUT2D eigenvalue weighted by atomic mass is 10.2. The van der Waals surface area contributed by atoms with Gasteiger partial charge in [-0.25, -0.2) is 9.78 Å². The summed E-state index contributed by atoms with van der Waals surface area (Å²) < 4.78 is 5.66. The minimum atomic E-state index is -0.695. The summed E-state index contributed by atoms with van der Waals surface area (Å²) in [6.07, 6.45) is 0.864. The van der Waals surface area contributed by atoms with Crippen molar-refractivity contribution < 1.29 is 9.53 Å². The highest BCUT2D eigenvalue weighted by atomic mass is 16.5. The largest absolute Gasteiger partial charge is 0.493 e. The predicted molar refractivity (Wildman–Crippen MR) is 84.1 cm³/mol. The van der Waals surface area contributed by atoms with Crippen molar-refractivity contribution in [3.63, 3.8) is 0 Å². The number of primary amides is 1. The van der Waals surface area contributed by atoms with Gasteiger partial charge in [-0.1, -0.05) is 19.1 Å². The van der Waals surface area contributed by atoms with Crippen LogP contribution in [0.4, 0.5) is 10.6 Å². The first-order valence-electron chi connectivity index (χ1n) is 6.89.